The molecule has 0 atom stereocenters. The Morgan fingerprint density at radius 3 is 2.43 bits per heavy atom. The summed E-state index contributed by atoms with van der Waals surface area (Å²) in [5.41, 5.74) is 1.20. The SMILES string of the molecule is O=[N+]([O-])/C=C/c1cccc(OCC23CC4CC(CC(C4)C2)C3)c1. The lowest BCUT2D eigenvalue weighted by molar-refractivity contribution is -0.400. The van der Waals surface area contributed by atoms with Crippen LogP contribution in [0.1, 0.15) is 44.1 Å². The number of hydrogen-bond acceptors (Lipinski definition) is 3. The minimum absolute atomic E-state index is 0.390. The van der Waals surface area contributed by atoms with E-state index >= 15 is 0 Å². The van der Waals surface area contributed by atoms with Gasteiger partial charge in [0.2, 0.25) is 6.20 Å². The van der Waals surface area contributed by atoms with Crippen molar-refractivity contribution in [3.8, 4) is 5.75 Å². The molecule has 4 fully saturated rings. The van der Waals surface area contributed by atoms with Gasteiger partial charge in [-0.3, -0.25) is 10.1 Å². The van der Waals surface area contributed by atoms with E-state index in [0.29, 0.717) is 5.41 Å². The molecule has 23 heavy (non-hydrogen) atoms. The summed E-state index contributed by atoms with van der Waals surface area (Å²) < 4.78 is 6.13. The van der Waals surface area contributed by atoms with Crippen molar-refractivity contribution >= 4 is 6.08 Å². The van der Waals surface area contributed by atoms with Gasteiger partial charge < -0.3 is 4.74 Å². The van der Waals surface area contributed by atoms with Crippen molar-refractivity contribution in [2.45, 2.75) is 38.5 Å². The van der Waals surface area contributed by atoms with E-state index in [4.69, 9.17) is 4.74 Å². The lowest BCUT2D eigenvalue weighted by Gasteiger charge is -2.56. The smallest absolute Gasteiger partial charge is 0.235 e. The third kappa shape index (κ3) is 3.12. The molecule has 0 aromatic heterocycles. The van der Waals surface area contributed by atoms with Crippen molar-refractivity contribution in [2.24, 2.45) is 23.2 Å². The Balaban J connectivity index is 1.43. The average molecular weight is 313 g/mol. The molecule has 4 nitrogen and oxygen atoms in total. The van der Waals surface area contributed by atoms with E-state index in [1.54, 1.807) is 0 Å². The standard InChI is InChI=1S/C19H23NO3/c21-20(22)5-4-14-2-1-3-18(9-14)23-13-19-10-15-6-16(11-19)8-17(7-15)12-19/h1-5,9,15-17H,6-8,10-13H2/b5-4+. The highest BCUT2D eigenvalue weighted by molar-refractivity contribution is 5.50. The van der Waals surface area contributed by atoms with Gasteiger partial charge in [-0.05, 0) is 74.0 Å². The van der Waals surface area contributed by atoms with Crippen LogP contribution in [-0.4, -0.2) is 11.5 Å². The van der Waals surface area contributed by atoms with Gasteiger partial charge in [0, 0.05) is 11.5 Å². The van der Waals surface area contributed by atoms with Gasteiger partial charge in [-0.1, -0.05) is 12.1 Å². The number of hydrogen-bond donors (Lipinski definition) is 0. The Kier molecular flexibility index (Phi) is 3.63. The molecule has 4 bridgehead atoms. The lowest BCUT2D eigenvalue weighted by Crippen LogP contribution is -2.48. The van der Waals surface area contributed by atoms with Crippen molar-refractivity contribution < 1.29 is 9.66 Å². The fourth-order valence-electron chi connectivity index (χ4n) is 5.56. The summed E-state index contributed by atoms with van der Waals surface area (Å²) >= 11 is 0. The van der Waals surface area contributed by atoms with Crippen molar-refractivity contribution in [2.75, 3.05) is 6.61 Å². The Morgan fingerprint density at radius 2 is 1.83 bits per heavy atom. The van der Waals surface area contributed by atoms with Crippen LogP contribution in [0.2, 0.25) is 0 Å². The number of nitrogens with zero attached hydrogens (tertiary/aromatic N) is 1. The molecule has 4 aliphatic carbocycles. The Bertz CT molecular complexity index is 602. The molecule has 5 rings (SSSR count). The summed E-state index contributed by atoms with van der Waals surface area (Å²) in [5.74, 6) is 3.61. The molecular formula is C19H23NO3. The topological polar surface area (TPSA) is 52.4 Å². The molecule has 0 amide bonds. The molecule has 4 aliphatic rings. The first kappa shape index (κ1) is 14.7. The maximum Gasteiger partial charge on any atom is 0.235 e. The second kappa shape index (κ2) is 5.66. The third-order valence-electron chi connectivity index (χ3n) is 5.96. The van der Waals surface area contributed by atoms with Gasteiger partial charge in [0.05, 0.1) is 11.5 Å². The largest absolute Gasteiger partial charge is 0.493 e. The average Bonchev–Trinajstić information content (AvgIpc) is 2.50. The zero-order valence-corrected chi connectivity index (χ0v) is 13.3. The van der Waals surface area contributed by atoms with E-state index in [1.807, 2.05) is 24.3 Å². The zero-order chi connectivity index (χ0) is 15.9. The summed E-state index contributed by atoms with van der Waals surface area (Å²) in [5, 5.41) is 10.4. The second-order valence-electron chi connectivity index (χ2n) is 7.88. The molecule has 0 spiro atoms. The van der Waals surface area contributed by atoms with Crippen molar-refractivity contribution in [1.82, 2.24) is 0 Å². The highest BCUT2D eigenvalue weighted by atomic mass is 16.6. The minimum Gasteiger partial charge on any atom is -0.493 e. The van der Waals surface area contributed by atoms with E-state index in [2.05, 4.69) is 0 Å². The van der Waals surface area contributed by atoms with Crippen LogP contribution < -0.4 is 4.74 Å². The normalized spacial score (nSPS) is 34.9. The summed E-state index contributed by atoms with van der Waals surface area (Å²) in [6, 6.07) is 7.59. The Hall–Kier alpha value is -1.84. The monoisotopic (exact) mass is 313 g/mol. The first-order valence-electron chi connectivity index (χ1n) is 8.65. The molecule has 1 aromatic carbocycles. The fourth-order valence-corrected chi connectivity index (χ4v) is 5.56. The Labute approximate surface area is 136 Å². The second-order valence-corrected chi connectivity index (χ2v) is 7.88. The molecule has 4 saturated carbocycles. The van der Waals surface area contributed by atoms with E-state index < -0.39 is 4.92 Å². The Morgan fingerprint density at radius 1 is 1.17 bits per heavy atom. The van der Waals surface area contributed by atoms with Crippen LogP contribution in [0.15, 0.2) is 30.5 Å². The van der Waals surface area contributed by atoms with Gasteiger partial charge in [-0.25, -0.2) is 0 Å². The predicted molar refractivity (Wildman–Crippen MR) is 88.6 cm³/mol. The van der Waals surface area contributed by atoms with E-state index in [9.17, 15) is 10.1 Å². The summed E-state index contributed by atoms with van der Waals surface area (Å²) in [7, 11) is 0. The molecule has 0 N–H and O–H groups in total. The maximum atomic E-state index is 10.4. The molecule has 0 radical (unpaired) electrons. The van der Waals surface area contributed by atoms with E-state index in [0.717, 1.165) is 41.9 Å². The summed E-state index contributed by atoms with van der Waals surface area (Å²) in [4.78, 5) is 9.99. The van der Waals surface area contributed by atoms with Crippen molar-refractivity contribution in [3.63, 3.8) is 0 Å². The molecule has 0 saturated heterocycles. The van der Waals surface area contributed by atoms with E-state index in [1.165, 1.54) is 44.6 Å². The quantitative estimate of drug-likeness (QED) is 0.593. The molecule has 122 valence electrons. The fraction of sp³-hybridized carbons (Fsp3) is 0.579. The molecule has 0 aliphatic heterocycles. The molecule has 1 aromatic rings. The van der Waals surface area contributed by atoms with Crippen molar-refractivity contribution in [3.05, 3.63) is 46.1 Å². The molecule has 0 unspecified atom stereocenters. The van der Waals surface area contributed by atoms with Gasteiger partial charge in [0.15, 0.2) is 0 Å². The van der Waals surface area contributed by atoms with Crippen LogP contribution in [0.4, 0.5) is 0 Å². The summed E-state index contributed by atoms with van der Waals surface area (Å²) in [6.07, 6.45) is 10.8. The first-order chi connectivity index (χ1) is 11.1. The van der Waals surface area contributed by atoms with Gasteiger partial charge >= 0.3 is 0 Å². The highest BCUT2D eigenvalue weighted by Crippen LogP contribution is 2.60. The van der Waals surface area contributed by atoms with Crippen molar-refractivity contribution in [1.29, 1.82) is 0 Å². The van der Waals surface area contributed by atoms with Gasteiger partial charge in [0.1, 0.15) is 5.75 Å². The van der Waals surface area contributed by atoms with Gasteiger partial charge in [0.25, 0.3) is 0 Å². The van der Waals surface area contributed by atoms with Crippen LogP contribution >= 0.6 is 0 Å². The number of benzene rings is 1. The highest BCUT2D eigenvalue weighted by Gasteiger charge is 2.51. The third-order valence-corrected chi connectivity index (χ3v) is 5.96. The maximum absolute atomic E-state index is 10.4. The van der Waals surface area contributed by atoms with Crippen LogP contribution in [0.5, 0.6) is 5.75 Å². The molecule has 0 heterocycles. The van der Waals surface area contributed by atoms with Gasteiger partial charge in [-0.2, -0.15) is 0 Å². The minimum atomic E-state index is -0.442. The zero-order valence-electron chi connectivity index (χ0n) is 13.3. The van der Waals surface area contributed by atoms with Crippen LogP contribution in [-0.2, 0) is 0 Å². The van der Waals surface area contributed by atoms with Crippen LogP contribution in [0.3, 0.4) is 0 Å². The van der Waals surface area contributed by atoms with Crippen LogP contribution in [0.25, 0.3) is 6.08 Å². The summed E-state index contributed by atoms with van der Waals surface area (Å²) in [6.45, 7) is 0.804. The number of nitro groups is 1. The number of rotatable bonds is 5. The van der Waals surface area contributed by atoms with E-state index in [-0.39, 0.29) is 0 Å². The predicted octanol–water partition coefficient (Wildman–Crippen LogP) is 4.53. The molecule has 4 heteroatoms. The number of ether oxygens (including phenoxy) is 1. The first-order valence-corrected chi connectivity index (χ1v) is 8.65. The van der Waals surface area contributed by atoms with Crippen LogP contribution in [0, 0.1) is 33.3 Å². The molecular weight excluding hydrogens is 290 g/mol. The lowest BCUT2D eigenvalue weighted by atomic mass is 9.50. The van der Waals surface area contributed by atoms with Gasteiger partial charge in [-0.15, -0.1) is 0 Å².